The van der Waals surface area contributed by atoms with E-state index in [1.165, 1.54) is 23.1 Å². The Balaban J connectivity index is 3.01. The zero-order chi connectivity index (χ0) is 15.1. The van der Waals surface area contributed by atoms with Gasteiger partial charge in [0.2, 0.25) is 0 Å². The molecule has 1 N–H and O–H groups in total. The summed E-state index contributed by atoms with van der Waals surface area (Å²) in [6.07, 6.45) is 1.71. The van der Waals surface area contributed by atoms with Crippen molar-refractivity contribution in [3.63, 3.8) is 0 Å². The normalized spacial score (nSPS) is 10.3. The molecule has 1 rings (SSSR count). The van der Waals surface area contributed by atoms with Crippen LogP contribution in [0.5, 0.6) is 0 Å². The number of halogens is 1. The number of benzene rings is 1. The van der Waals surface area contributed by atoms with Crippen LogP contribution < -0.4 is 0 Å². The molecule has 0 aliphatic rings. The summed E-state index contributed by atoms with van der Waals surface area (Å²) in [5.41, 5.74) is -0.0611. The molecule has 0 unspecified atom stereocenters. The van der Waals surface area contributed by atoms with Gasteiger partial charge in [0.15, 0.2) is 0 Å². The Morgan fingerprint density at radius 3 is 2.65 bits per heavy atom. The van der Waals surface area contributed by atoms with Crippen LogP contribution in [0.2, 0.25) is 5.02 Å². The predicted molar refractivity (Wildman–Crippen MR) is 76.0 cm³/mol. The second-order valence-electron chi connectivity index (χ2n) is 4.32. The van der Waals surface area contributed by atoms with Crippen molar-refractivity contribution < 1.29 is 14.8 Å². The molecule has 6 nitrogen and oxygen atoms in total. The molecule has 1 aromatic carbocycles. The molecule has 0 saturated carbocycles. The lowest BCUT2D eigenvalue weighted by Gasteiger charge is -2.21. The average molecular weight is 301 g/mol. The minimum Gasteiger partial charge on any atom is -0.395 e. The van der Waals surface area contributed by atoms with Gasteiger partial charge in [-0.05, 0) is 12.5 Å². The fourth-order valence-corrected chi connectivity index (χ4v) is 2.00. The Morgan fingerprint density at radius 1 is 1.40 bits per heavy atom. The molecular formula is C13H17ClN2O4. The molecule has 110 valence electrons. The summed E-state index contributed by atoms with van der Waals surface area (Å²) in [6, 6.07) is 3.79. The number of aliphatic hydroxyl groups is 1. The second-order valence-corrected chi connectivity index (χ2v) is 4.76. The third-order valence-corrected chi connectivity index (χ3v) is 3.00. The number of unbranched alkanes of at least 4 members (excludes halogenated alkanes) is 1. The van der Waals surface area contributed by atoms with E-state index < -0.39 is 4.92 Å². The lowest BCUT2D eigenvalue weighted by molar-refractivity contribution is -0.384. The first-order chi connectivity index (χ1) is 9.49. The van der Waals surface area contributed by atoms with Crippen molar-refractivity contribution in [2.75, 3.05) is 19.7 Å². The van der Waals surface area contributed by atoms with Crippen LogP contribution in [0.1, 0.15) is 30.1 Å². The summed E-state index contributed by atoms with van der Waals surface area (Å²) >= 11 is 5.80. The predicted octanol–water partition coefficient (Wildman–Crippen LogP) is 2.48. The molecule has 0 aliphatic carbocycles. The van der Waals surface area contributed by atoms with Gasteiger partial charge in [0.25, 0.3) is 11.6 Å². The zero-order valence-electron chi connectivity index (χ0n) is 11.2. The number of carbonyl (C=O) groups excluding carboxylic acids is 1. The number of nitro benzene ring substituents is 1. The van der Waals surface area contributed by atoms with Gasteiger partial charge >= 0.3 is 0 Å². The fourth-order valence-electron chi connectivity index (χ4n) is 1.77. The van der Waals surface area contributed by atoms with E-state index in [0.717, 1.165) is 12.8 Å². The smallest absolute Gasteiger partial charge is 0.271 e. The van der Waals surface area contributed by atoms with E-state index in [2.05, 4.69) is 0 Å². The van der Waals surface area contributed by atoms with Crippen LogP contribution in [0.4, 0.5) is 5.69 Å². The lowest BCUT2D eigenvalue weighted by Crippen LogP contribution is -2.34. The first kappa shape index (κ1) is 16.4. The molecule has 1 amide bonds. The van der Waals surface area contributed by atoms with Crippen molar-refractivity contribution >= 4 is 23.2 Å². The molecule has 0 aliphatic heterocycles. The van der Waals surface area contributed by atoms with Crippen LogP contribution in [-0.4, -0.2) is 40.5 Å². The molecular weight excluding hydrogens is 284 g/mol. The van der Waals surface area contributed by atoms with Crippen LogP contribution in [0, 0.1) is 10.1 Å². The largest absolute Gasteiger partial charge is 0.395 e. The number of nitro groups is 1. The summed E-state index contributed by atoms with van der Waals surface area (Å²) < 4.78 is 0. The highest BCUT2D eigenvalue weighted by molar-refractivity contribution is 6.31. The fraction of sp³-hybridized carbons (Fsp3) is 0.462. The maximum atomic E-state index is 12.3. The monoisotopic (exact) mass is 300 g/mol. The Bertz CT molecular complexity index is 493. The van der Waals surface area contributed by atoms with Crippen molar-refractivity contribution in [3.05, 3.63) is 38.9 Å². The minimum atomic E-state index is -0.592. The maximum absolute atomic E-state index is 12.3. The van der Waals surface area contributed by atoms with Gasteiger partial charge in [-0.15, -0.1) is 0 Å². The van der Waals surface area contributed by atoms with Crippen LogP contribution in [0.3, 0.4) is 0 Å². The number of hydrogen-bond donors (Lipinski definition) is 1. The van der Waals surface area contributed by atoms with E-state index in [-0.39, 0.29) is 35.3 Å². The van der Waals surface area contributed by atoms with Crippen LogP contribution in [0.25, 0.3) is 0 Å². The average Bonchev–Trinajstić information content (AvgIpc) is 2.42. The van der Waals surface area contributed by atoms with Crippen LogP contribution >= 0.6 is 11.6 Å². The van der Waals surface area contributed by atoms with Gasteiger partial charge < -0.3 is 10.0 Å². The minimum absolute atomic E-state index is 0.141. The van der Waals surface area contributed by atoms with Gasteiger partial charge in [0, 0.05) is 35.8 Å². The summed E-state index contributed by atoms with van der Waals surface area (Å²) in [7, 11) is 0. The summed E-state index contributed by atoms with van der Waals surface area (Å²) in [6.45, 7) is 2.53. The molecule has 0 bridgehead atoms. The van der Waals surface area contributed by atoms with Crippen molar-refractivity contribution in [3.8, 4) is 0 Å². The van der Waals surface area contributed by atoms with Crippen LogP contribution in [-0.2, 0) is 0 Å². The van der Waals surface area contributed by atoms with Gasteiger partial charge in [0.1, 0.15) is 0 Å². The highest BCUT2D eigenvalue weighted by atomic mass is 35.5. The highest BCUT2D eigenvalue weighted by Gasteiger charge is 2.18. The number of hydrogen-bond acceptors (Lipinski definition) is 4. The number of non-ortho nitro benzene ring substituents is 1. The van der Waals surface area contributed by atoms with Crippen molar-refractivity contribution in [2.45, 2.75) is 19.8 Å². The summed E-state index contributed by atoms with van der Waals surface area (Å²) in [5, 5.41) is 19.9. The molecule has 0 atom stereocenters. The third-order valence-electron chi connectivity index (χ3n) is 2.78. The number of amides is 1. The first-order valence-electron chi connectivity index (χ1n) is 6.34. The molecule has 0 fully saturated rings. The van der Waals surface area contributed by atoms with Gasteiger partial charge in [0.05, 0.1) is 11.5 Å². The van der Waals surface area contributed by atoms with Gasteiger partial charge in [-0.2, -0.15) is 0 Å². The van der Waals surface area contributed by atoms with Gasteiger partial charge in [-0.1, -0.05) is 24.9 Å². The van der Waals surface area contributed by atoms with E-state index in [4.69, 9.17) is 16.7 Å². The topological polar surface area (TPSA) is 83.7 Å². The Morgan fingerprint density at radius 2 is 2.10 bits per heavy atom. The number of nitrogens with zero attached hydrogens (tertiary/aromatic N) is 2. The van der Waals surface area contributed by atoms with Gasteiger partial charge in [-0.25, -0.2) is 0 Å². The lowest BCUT2D eigenvalue weighted by atomic mass is 10.1. The van der Waals surface area contributed by atoms with Crippen molar-refractivity contribution in [1.82, 2.24) is 4.90 Å². The van der Waals surface area contributed by atoms with E-state index in [0.29, 0.717) is 6.54 Å². The first-order valence-corrected chi connectivity index (χ1v) is 6.72. The quantitative estimate of drug-likeness (QED) is 0.619. The molecule has 0 saturated heterocycles. The van der Waals surface area contributed by atoms with Crippen molar-refractivity contribution in [1.29, 1.82) is 0 Å². The maximum Gasteiger partial charge on any atom is 0.271 e. The number of carbonyl (C=O) groups is 1. The van der Waals surface area contributed by atoms with Gasteiger partial charge in [-0.3, -0.25) is 14.9 Å². The van der Waals surface area contributed by atoms with E-state index in [1.54, 1.807) is 0 Å². The van der Waals surface area contributed by atoms with E-state index in [9.17, 15) is 14.9 Å². The molecule has 0 radical (unpaired) electrons. The molecule has 20 heavy (non-hydrogen) atoms. The Hall–Kier alpha value is -1.66. The molecule has 0 aromatic heterocycles. The molecule has 1 aromatic rings. The summed E-state index contributed by atoms with van der Waals surface area (Å²) in [5.74, 6) is -0.363. The number of aliphatic hydroxyl groups excluding tert-OH is 1. The third kappa shape index (κ3) is 4.47. The second kappa shape index (κ2) is 7.81. The standard InChI is InChI=1S/C13H17ClN2O4/c1-2-3-4-15(5-6-17)13(18)10-7-11(14)9-12(8-10)16(19)20/h7-9,17H,2-6H2,1H3. The SMILES string of the molecule is CCCCN(CCO)C(=O)c1cc(Cl)cc([N+](=O)[O-])c1. The summed E-state index contributed by atoms with van der Waals surface area (Å²) in [4.78, 5) is 24.0. The van der Waals surface area contributed by atoms with Crippen LogP contribution in [0.15, 0.2) is 18.2 Å². The Kier molecular flexibility index (Phi) is 6.41. The van der Waals surface area contributed by atoms with E-state index >= 15 is 0 Å². The molecule has 0 spiro atoms. The van der Waals surface area contributed by atoms with E-state index in [1.807, 2.05) is 6.92 Å². The number of rotatable bonds is 7. The molecule has 0 heterocycles. The highest BCUT2D eigenvalue weighted by Crippen LogP contribution is 2.22. The molecule has 7 heteroatoms. The Labute approximate surface area is 122 Å². The van der Waals surface area contributed by atoms with Crippen molar-refractivity contribution in [2.24, 2.45) is 0 Å². The zero-order valence-corrected chi connectivity index (χ0v) is 12.0.